The van der Waals surface area contributed by atoms with E-state index in [0.29, 0.717) is 12.6 Å². The Hall–Kier alpha value is -0.960. The quantitative estimate of drug-likeness (QED) is 0.646. The molecule has 0 aliphatic heterocycles. The number of hydrogen-bond donors (Lipinski definition) is 2. The molecule has 2 N–H and O–H groups in total. The first-order chi connectivity index (χ1) is 9.74. The van der Waals surface area contributed by atoms with Gasteiger partial charge in [0.15, 0.2) is 0 Å². The maximum Gasteiger partial charge on any atom is 0.279 e. The van der Waals surface area contributed by atoms with Crippen molar-refractivity contribution in [1.82, 2.24) is 24.1 Å². The molecule has 0 saturated heterocycles. The molecule has 21 heavy (non-hydrogen) atoms. The van der Waals surface area contributed by atoms with Gasteiger partial charge >= 0.3 is 0 Å². The monoisotopic (exact) mass is 317 g/mol. The Morgan fingerprint density at radius 1 is 1.43 bits per heavy atom. The topological polar surface area (TPSA) is 79.3 Å². The van der Waals surface area contributed by atoms with Crippen LogP contribution in [0.15, 0.2) is 6.20 Å². The van der Waals surface area contributed by atoms with Gasteiger partial charge in [-0.05, 0) is 19.9 Å². The summed E-state index contributed by atoms with van der Waals surface area (Å²) in [6, 6.07) is 0.415. The Bertz CT molecular complexity index is 539. The first-order valence-corrected chi connectivity index (χ1v) is 8.60. The van der Waals surface area contributed by atoms with Gasteiger partial charge in [-0.3, -0.25) is 4.68 Å². The summed E-state index contributed by atoms with van der Waals surface area (Å²) in [5, 5.41) is 7.37. The van der Waals surface area contributed by atoms with Gasteiger partial charge in [-0.15, -0.1) is 0 Å². The van der Waals surface area contributed by atoms with Crippen molar-refractivity contribution in [3.05, 3.63) is 17.5 Å². The number of nitrogens with zero attached hydrogens (tertiary/aromatic N) is 3. The molecule has 7 nitrogen and oxygen atoms in total. The molecule has 0 bridgehead atoms. The highest BCUT2D eigenvalue weighted by atomic mass is 32.2. The van der Waals surface area contributed by atoms with Crippen molar-refractivity contribution in [2.45, 2.75) is 39.8 Å². The lowest BCUT2D eigenvalue weighted by molar-refractivity contribution is 0.439. The van der Waals surface area contributed by atoms with Gasteiger partial charge < -0.3 is 5.32 Å². The predicted molar refractivity (Wildman–Crippen MR) is 84.1 cm³/mol. The highest BCUT2D eigenvalue weighted by Gasteiger charge is 2.17. The van der Waals surface area contributed by atoms with E-state index < -0.39 is 10.2 Å². The van der Waals surface area contributed by atoms with Crippen LogP contribution in [-0.2, 0) is 23.8 Å². The van der Waals surface area contributed by atoms with Gasteiger partial charge in [-0.2, -0.15) is 22.5 Å². The van der Waals surface area contributed by atoms with Gasteiger partial charge in [0, 0.05) is 44.5 Å². The molecule has 0 spiro atoms. The molecule has 8 heteroatoms. The van der Waals surface area contributed by atoms with Crippen LogP contribution in [0.5, 0.6) is 0 Å². The normalized spacial score (nSPS) is 12.5. The summed E-state index contributed by atoms with van der Waals surface area (Å²) in [6.07, 6.45) is 2.46. The Balaban J connectivity index is 2.43. The molecule has 0 aliphatic carbocycles. The standard InChI is InChI=1S/C13H27N5O2S/c1-11(2)14-7-6-8-17(4)21(19,20)16-10-13-9-15-18(5)12(13)3/h9,11,14,16H,6-8,10H2,1-5H3. The number of nitrogens with one attached hydrogen (secondary N) is 2. The second-order valence-electron chi connectivity index (χ2n) is 5.49. The fourth-order valence-corrected chi connectivity index (χ4v) is 2.74. The lowest BCUT2D eigenvalue weighted by atomic mass is 10.3. The Kier molecular flexibility index (Phi) is 6.79. The highest BCUT2D eigenvalue weighted by molar-refractivity contribution is 7.87. The third-order valence-corrected chi connectivity index (χ3v) is 4.91. The van der Waals surface area contributed by atoms with Crippen molar-refractivity contribution in [3.8, 4) is 0 Å². The molecule has 1 aromatic heterocycles. The Labute approximate surface area is 127 Å². The van der Waals surface area contributed by atoms with E-state index in [4.69, 9.17) is 0 Å². The van der Waals surface area contributed by atoms with Crippen LogP contribution in [0.4, 0.5) is 0 Å². The van der Waals surface area contributed by atoms with Crippen LogP contribution in [0.2, 0.25) is 0 Å². The molecule has 0 radical (unpaired) electrons. The molecule has 0 fully saturated rings. The maximum atomic E-state index is 12.1. The maximum absolute atomic E-state index is 12.1. The van der Waals surface area contributed by atoms with Crippen molar-refractivity contribution in [3.63, 3.8) is 0 Å². The SMILES string of the molecule is Cc1c(CNS(=O)(=O)N(C)CCCNC(C)C)cnn1C. The molecule has 1 rings (SSSR count). The fraction of sp³-hybridized carbons (Fsp3) is 0.769. The lowest BCUT2D eigenvalue weighted by Crippen LogP contribution is -2.39. The molecular weight excluding hydrogens is 290 g/mol. The second-order valence-corrected chi connectivity index (χ2v) is 7.35. The smallest absolute Gasteiger partial charge is 0.279 e. The van der Waals surface area contributed by atoms with Crippen molar-refractivity contribution in [1.29, 1.82) is 0 Å². The second kappa shape index (κ2) is 7.88. The van der Waals surface area contributed by atoms with Crippen LogP contribution in [-0.4, -0.2) is 48.7 Å². The first kappa shape index (κ1) is 18.1. The molecule has 122 valence electrons. The molecule has 0 aromatic carbocycles. The summed E-state index contributed by atoms with van der Waals surface area (Å²) < 4.78 is 29.9. The third-order valence-electron chi connectivity index (χ3n) is 3.39. The van der Waals surface area contributed by atoms with Crippen LogP contribution < -0.4 is 10.0 Å². The zero-order chi connectivity index (χ0) is 16.0. The molecule has 0 aliphatic rings. The number of hydrogen-bond acceptors (Lipinski definition) is 4. The summed E-state index contributed by atoms with van der Waals surface area (Å²) in [4.78, 5) is 0. The number of aromatic nitrogens is 2. The van der Waals surface area contributed by atoms with Crippen LogP contribution in [0.1, 0.15) is 31.5 Å². The van der Waals surface area contributed by atoms with Gasteiger partial charge in [0.2, 0.25) is 0 Å². The summed E-state index contributed by atoms with van der Waals surface area (Å²) in [5.74, 6) is 0. The summed E-state index contributed by atoms with van der Waals surface area (Å²) in [6.45, 7) is 7.60. The molecular formula is C13H27N5O2S. The van der Waals surface area contributed by atoms with E-state index in [0.717, 1.165) is 24.2 Å². The Morgan fingerprint density at radius 3 is 2.62 bits per heavy atom. The van der Waals surface area contributed by atoms with E-state index >= 15 is 0 Å². The minimum absolute atomic E-state index is 0.261. The third kappa shape index (κ3) is 5.74. The molecule has 0 amide bonds. The van der Waals surface area contributed by atoms with Gasteiger partial charge in [0.1, 0.15) is 0 Å². The lowest BCUT2D eigenvalue weighted by Gasteiger charge is -2.18. The average Bonchev–Trinajstić information content (AvgIpc) is 2.72. The van der Waals surface area contributed by atoms with Gasteiger partial charge in [0.25, 0.3) is 10.2 Å². The minimum atomic E-state index is -3.45. The Morgan fingerprint density at radius 2 is 2.10 bits per heavy atom. The minimum Gasteiger partial charge on any atom is -0.314 e. The first-order valence-electron chi connectivity index (χ1n) is 7.16. The summed E-state index contributed by atoms with van der Waals surface area (Å²) in [7, 11) is -0.0226. The number of rotatable bonds is 9. The largest absolute Gasteiger partial charge is 0.314 e. The van der Waals surface area contributed by atoms with Gasteiger partial charge in [-0.1, -0.05) is 13.8 Å². The van der Waals surface area contributed by atoms with Crippen LogP contribution in [0.25, 0.3) is 0 Å². The molecule has 0 saturated carbocycles. The van der Waals surface area contributed by atoms with Crippen molar-refractivity contribution < 1.29 is 8.42 Å². The van der Waals surface area contributed by atoms with Crippen LogP contribution >= 0.6 is 0 Å². The predicted octanol–water partition coefficient (Wildman–Crippen LogP) is 0.383. The van der Waals surface area contributed by atoms with Crippen molar-refractivity contribution in [2.75, 3.05) is 20.1 Å². The van der Waals surface area contributed by atoms with E-state index in [9.17, 15) is 8.42 Å². The molecule has 1 heterocycles. The van der Waals surface area contributed by atoms with Gasteiger partial charge in [0.05, 0.1) is 6.20 Å². The summed E-state index contributed by atoms with van der Waals surface area (Å²) in [5.41, 5.74) is 1.84. The number of aryl methyl sites for hydroxylation is 1. The molecule has 0 atom stereocenters. The van der Waals surface area contributed by atoms with Crippen LogP contribution in [0, 0.1) is 6.92 Å². The highest BCUT2D eigenvalue weighted by Crippen LogP contribution is 2.06. The van der Waals surface area contributed by atoms with Gasteiger partial charge in [-0.25, -0.2) is 0 Å². The van der Waals surface area contributed by atoms with E-state index in [1.54, 1.807) is 17.9 Å². The zero-order valence-electron chi connectivity index (χ0n) is 13.5. The zero-order valence-corrected chi connectivity index (χ0v) is 14.4. The van der Waals surface area contributed by atoms with E-state index in [1.165, 1.54) is 4.31 Å². The molecule has 1 aromatic rings. The average molecular weight is 317 g/mol. The van der Waals surface area contributed by atoms with Crippen molar-refractivity contribution in [2.24, 2.45) is 7.05 Å². The fourth-order valence-electron chi connectivity index (χ4n) is 1.81. The van der Waals surface area contributed by atoms with E-state index in [1.807, 2.05) is 14.0 Å². The van der Waals surface area contributed by atoms with Crippen molar-refractivity contribution >= 4 is 10.2 Å². The van der Waals surface area contributed by atoms with E-state index in [2.05, 4.69) is 29.0 Å². The van der Waals surface area contributed by atoms with E-state index in [-0.39, 0.29) is 6.54 Å². The van der Waals surface area contributed by atoms with Crippen LogP contribution in [0.3, 0.4) is 0 Å². The molecule has 0 unspecified atom stereocenters. The summed E-state index contributed by atoms with van der Waals surface area (Å²) >= 11 is 0.